The zero-order valence-electron chi connectivity index (χ0n) is 26.6. The van der Waals surface area contributed by atoms with Gasteiger partial charge in [0.2, 0.25) is 5.95 Å². The fraction of sp³-hybridized carbons (Fsp3) is 0. The zero-order chi connectivity index (χ0) is 32.3. The Morgan fingerprint density at radius 1 is 0.327 bits per heavy atom. The third-order valence-corrected chi connectivity index (χ3v) is 9.77. The van der Waals surface area contributed by atoms with E-state index in [4.69, 9.17) is 9.97 Å². The molecule has 2 aromatic heterocycles. The Hall–Kier alpha value is -6.58. The number of para-hydroxylation sites is 1. The maximum Gasteiger partial charge on any atom is 0.235 e. The van der Waals surface area contributed by atoms with Crippen molar-refractivity contribution in [3.63, 3.8) is 0 Å². The topological polar surface area (TPSA) is 30.7 Å². The molecule has 0 aliphatic heterocycles. The fourth-order valence-electron chi connectivity index (χ4n) is 7.31. The lowest BCUT2D eigenvalue weighted by Gasteiger charge is -2.14. The minimum absolute atomic E-state index is 0.662. The van der Waals surface area contributed by atoms with Crippen molar-refractivity contribution in [2.75, 3.05) is 0 Å². The van der Waals surface area contributed by atoms with E-state index >= 15 is 0 Å². The number of hydrogen-bond donors (Lipinski definition) is 0. The van der Waals surface area contributed by atoms with Gasteiger partial charge in [-0.2, -0.15) is 0 Å². The van der Waals surface area contributed by atoms with Crippen molar-refractivity contribution >= 4 is 54.3 Å². The van der Waals surface area contributed by atoms with E-state index < -0.39 is 0 Å². The number of fused-ring (bicyclic) bond motifs is 6. The van der Waals surface area contributed by atoms with Crippen LogP contribution in [0.15, 0.2) is 176 Å². The van der Waals surface area contributed by atoms with Crippen LogP contribution < -0.4 is 0 Å². The molecule has 0 saturated carbocycles. The summed E-state index contributed by atoms with van der Waals surface area (Å²) in [5.74, 6) is 0.662. The Morgan fingerprint density at radius 2 is 0.918 bits per heavy atom. The molecule has 10 aromatic rings. The summed E-state index contributed by atoms with van der Waals surface area (Å²) in [6.07, 6.45) is 0. The molecule has 3 heteroatoms. The molecule has 2 heterocycles. The molecule has 0 saturated heterocycles. The van der Waals surface area contributed by atoms with Gasteiger partial charge in [-0.1, -0.05) is 140 Å². The minimum Gasteiger partial charge on any atom is -0.278 e. The molecular formula is C46H29N3. The molecule has 0 unspecified atom stereocenters. The second-order valence-corrected chi connectivity index (χ2v) is 12.7. The normalized spacial score (nSPS) is 11.7. The van der Waals surface area contributed by atoms with Crippen LogP contribution in [0.25, 0.3) is 93.7 Å². The first-order valence-corrected chi connectivity index (χ1v) is 16.7. The Kier molecular flexibility index (Phi) is 6.18. The summed E-state index contributed by atoms with van der Waals surface area (Å²) in [7, 11) is 0. The Bertz CT molecular complexity index is 2870. The molecular weight excluding hydrogens is 595 g/mol. The van der Waals surface area contributed by atoms with Gasteiger partial charge in [-0.3, -0.25) is 4.57 Å². The first-order chi connectivity index (χ1) is 24.3. The maximum absolute atomic E-state index is 5.42. The van der Waals surface area contributed by atoms with Gasteiger partial charge in [-0.25, -0.2) is 9.97 Å². The highest BCUT2D eigenvalue weighted by atomic mass is 15.2. The Balaban J connectivity index is 1.20. The monoisotopic (exact) mass is 623 g/mol. The van der Waals surface area contributed by atoms with Crippen LogP contribution in [-0.4, -0.2) is 14.5 Å². The van der Waals surface area contributed by atoms with Crippen molar-refractivity contribution in [1.82, 2.24) is 14.5 Å². The lowest BCUT2D eigenvalue weighted by Crippen LogP contribution is -2.03. The van der Waals surface area contributed by atoms with Gasteiger partial charge in [0, 0.05) is 21.7 Å². The van der Waals surface area contributed by atoms with Crippen molar-refractivity contribution in [3.8, 4) is 39.5 Å². The molecule has 8 aromatic carbocycles. The van der Waals surface area contributed by atoms with Crippen molar-refractivity contribution in [3.05, 3.63) is 176 Å². The molecule has 0 fully saturated rings. The summed E-state index contributed by atoms with van der Waals surface area (Å²) in [4.78, 5) is 10.7. The molecule has 0 amide bonds. The highest BCUT2D eigenvalue weighted by molar-refractivity contribution is 6.13. The fourth-order valence-corrected chi connectivity index (χ4v) is 7.31. The van der Waals surface area contributed by atoms with Gasteiger partial charge in [0.15, 0.2) is 0 Å². The van der Waals surface area contributed by atoms with Crippen LogP contribution in [0.5, 0.6) is 0 Å². The van der Waals surface area contributed by atoms with Gasteiger partial charge in [-0.05, 0) is 80.2 Å². The van der Waals surface area contributed by atoms with E-state index in [1.807, 2.05) is 0 Å². The van der Waals surface area contributed by atoms with Crippen molar-refractivity contribution in [1.29, 1.82) is 0 Å². The predicted molar refractivity (Wildman–Crippen MR) is 205 cm³/mol. The number of rotatable bonds is 4. The van der Waals surface area contributed by atoms with Crippen LogP contribution in [0, 0.1) is 0 Å². The molecule has 0 bridgehead atoms. The van der Waals surface area contributed by atoms with E-state index in [9.17, 15) is 0 Å². The van der Waals surface area contributed by atoms with Crippen molar-refractivity contribution < 1.29 is 0 Å². The van der Waals surface area contributed by atoms with Crippen LogP contribution >= 0.6 is 0 Å². The Morgan fingerprint density at radius 3 is 1.73 bits per heavy atom. The van der Waals surface area contributed by atoms with E-state index in [0.29, 0.717) is 5.95 Å². The third kappa shape index (κ3) is 4.59. The van der Waals surface area contributed by atoms with Crippen LogP contribution in [0.1, 0.15) is 0 Å². The standard InChI is InChI=1S/C46H29N3/c1-2-10-30(11-3-1)38-24-25-42-41(28-38)45(33-21-18-32(19-22-33)37-23-20-31-12-4-5-13-34(31)26-37)48-46(47-42)49-43-17-9-8-16-39(43)40-27-35-14-6-7-15-36(35)29-44(40)49/h1-29H. The second kappa shape index (κ2) is 11.0. The lowest BCUT2D eigenvalue weighted by atomic mass is 9.97. The molecule has 0 atom stereocenters. The van der Waals surface area contributed by atoms with E-state index in [2.05, 4.69) is 180 Å². The molecule has 49 heavy (non-hydrogen) atoms. The highest BCUT2D eigenvalue weighted by Crippen LogP contribution is 2.37. The molecule has 228 valence electrons. The minimum atomic E-state index is 0.662. The van der Waals surface area contributed by atoms with Crippen molar-refractivity contribution in [2.24, 2.45) is 0 Å². The highest BCUT2D eigenvalue weighted by Gasteiger charge is 2.18. The van der Waals surface area contributed by atoms with Crippen molar-refractivity contribution in [2.45, 2.75) is 0 Å². The van der Waals surface area contributed by atoms with Crippen LogP contribution in [0.4, 0.5) is 0 Å². The SMILES string of the molecule is c1ccc(-c2ccc3nc(-n4c5ccccc5c5cc6ccccc6cc54)nc(-c4ccc(-c5ccc6ccccc6c5)cc4)c3c2)cc1. The van der Waals surface area contributed by atoms with E-state index in [0.717, 1.165) is 38.8 Å². The summed E-state index contributed by atoms with van der Waals surface area (Å²) in [5, 5.41) is 8.30. The predicted octanol–water partition coefficient (Wildman–Crippen LogP) is 12.0. The quantitative estimate of drug-likeness (QED) is 0.195. The molecule has 0 spiro atoms. The first-order valence-electron chi connectivity index (χ1n) is 16.7. The second-order valence-electron chi connectivity index (χ2n) is 12.7. The number of benzene rings is 8. The van der Waals surface area contributed by atoms with Gasteiger partial charge < -0.3 is 0 Å². The summed E-state index contributed by atoms with van der Waals surface area (Å²) < 4.78 is 2.23. The van der Waals surface area contributed by atoms with Gasteiger partial charge in [-0.15, -0.1) is 0 Å². The van der Waals surface area contributed by atoms with Gasteiger partial charge in [0.05, 0.1) is 22.2 Å². The van der Waals surface area contributed by atoms with E-state index in [1.54, 1.807) is 0 Å². The van der Waals surface area contributed by atoms with E-state index in [1.165, 1.54) is 49.0 Å². The smallest absolute Gasteiger partial charge is 0.235 e. The lowest BCUT2D eigenvalue weighted by molar-refractivity contribution is 1.01. The largest absolute Gasteiger partial charge is 0.278 e. The number of nitrogens with zero attached hydrogens (tertiary/aromatic N) is 3. The number of hydrogen-bond acceptors (Lipinski definition) is 2. The Labute approximate surface area is 283 Å². The number of aromatic nitrogens is 3. The first kappa shape index (κ1) is 27.5. The maximum atomic E-state index is 5.42. The van der Waals surface area contributed by atoms with E-state index in [-0.39, 0.29) is 0 Å². The van der Waals surface area contributed by atoms with Crippen LogP contribution in [-0.2, 0) is 0 Å². The van der Waals surface area contributed by atoms with Gasteiger partial charge in [0.1, 0.15) is 0 Å². The summed E-state index contributed by atoms with van der Waals surface area (Å²) in [6, 6.07) is 62.7. The molecule has 3 nitrogen and oxygen atoms in total. The molecule has 10 rings (SSSR count). The average molecular weight is 624 g/mol. The summed E-state index contributed by atoms with van der Waals surface area (Å²) in [5.41, 5.74) is 9.73. The van der Waals surface area contributed by atoms with Crippen LogP contribution in [0.3, 0.4) is 0 Å². The summed E-state index contributed by atoms with van der Waals surface area (Å²) >= 11 is 0. The third-order valence-electron chi connectivity index (χ3n) is 9.77. The molecule has 0 aliphatic carbocycles. The summed E-state index contributed by atoms with van der Waals surface area (Å²) in [6.45, 7) is 0. The van der Waals surface area contributed by atoms with Gasteiger partial charge >= 0.3 is 0 Å². The molecule has 0 radical (unpaired) electrons. The molecule has 0 N–H and O–H groups in total. The molecule has 0 aliphatic rings. The van der Waals surface area contributed by atoms with Crippen LogP contribution in [0.2, 0.25) is 0 Å². The average Bonchev–Trinajstić information content (AvgIpc) is 3.49. The zero-order valence-corrected chi connectivity index (χ0v) is 26.6. The van der Waals surface area contributed by atoms with Gasteiger partial charge in [0.25, 0.3) is 0 Å².